The van der Waals surface area contributed by atoms with Crippen LogP contribution in [0, 0.1) is 5.82 Å². The Labute approximate surface area is 159 Å². The molecule has 27 heavy (non-hydrogen) atoms. The number of carbonyl (C=O) groups is 1. The van der Waals surface area contributed by atoms with Crippen molar-refractivity contribution in [3.63, 3.8) is 0 Å². The molecular weight excluding hydrogens is 369 g/mol. The highest BCUT2D eigenvalue weighted by molar-refractivity contribution is 7.09. The van der Waals surface area contributed by atoms with E-state index in [0.717, 1.165) is 10.7 Å². The number of nitrogens with zero attached hydrogens (tertiary/aromatic N) is 3. The van der Waals surface area contributed by atoms with E-state index in [9.17, 15) is 14.0 Å². The maximum absolute atomic E-state index is 14.7. The number of thiazole rings is 1. The number of hydrogen-bond acceptors (Lipinski definition) is 6. The Hall–Kier alpha value is -2.61. The lowest BCUT2D eigenvalue weighted by Crippen LogP contribution is -2.24. The molecule has 0 atom stereocenters. The lowest BCUT2D eigenvalue weighted by molar-refractivity contribution is 0.0590. The van der Waals surface area contributed by atoms with Gasteiger partial charge in [-0.15, -0.1) is 11.3 Å². The van der Waals surface area contributed by atoms with Gasteiger partial charge in [-0.05, 0) is 30.5 Å². The second kappa shape index (κ2) is 7.56. The van der Waals surface area contributed by atoms with Crippen LogP contribution in [0.25, 0.3) is 10.9 Å². The van der Waals surface area contributed by atoms with Crippen molar-refractivity contribution in [2.24, 2.45) is 0 Å². The number of esters is 1. The van der Waals surface area contributed by atoms with Gasteiger partial charge in [0.15, 0.2) is 0 Å². The fourth-order valence-corrected chi connectivity index (χ4v) is 3.77. The molecule has 0 unspecified atom stereocenters. The van der Waals surface area contributed by atoms with Gasteiger partial charge in [0.25, 0.3) is 0 Å². The van der Waals surface area contributed by atoms with Crippen LogP contribution in [0.3, 0.4) is 0 Å². The number of methoxy groups -OCH3 is 1. The molecule has 8 heteroatoms. The van der Waals surface area contributed by atoms with Crippen molar-refractivity contribution in [2.75, 3.05) is 7.11 Å². The van der Waals surface area contributed by atoms with Gasteiger partial charge in [-0.2, -0.15) is 5.10 Å². The SMILES string of the molecule is CCn1nc(C(=O)OC)c(=O)c2cc(F)c(Cc3nc(C(C)C)cs3)cc21. The summed E-state index contributed by atoms with van der Waals surface area (Å²) in [5.74, 6) is -1.04. The van der Waals surface area contributed by atoms with E-state index in [1.54, 1.807) is 6.07 Å². The molecular formula is C19H20FN3O3S. The summed E-state index contributed by atoms with van der Waals surface area (Å²) in [5.41, 5.74) is 0.906. The van der Waals surface area contributed by atoms with Gasteiger partial charge in [0, 0.05) is 18.3 Å². The van der Waals surface area contributed by atoms with Crippen LogP contribution in [0.4, 0.5) is 4.39 Å². The van der Waals surface area contributed by atoms with E-state index in [-0.39, 0.29) is 11.1 Å². The number of hydrogen-bond donors (Lipinski definition) is 0. The number of aromatic nitrogens is 3. The summed E-state index contributed by atoms with van der Waals surface area (Å²) in [7, 11) is 1.17. The van der Waals surface area contributed by atoms with Crippen molar-refractivity contribution in [3.8, 4) is 0 Å². The minimum absolute atomic E-state index is 0.107. The number of aryl methyl sites for hydroxylation is 1. The lowest BCUT2D eigenvalue weighted by Gasteiger charge is -2.11. The quantitative estimate of drug-likeness (QED) is 0.624. The Bertz CT molecular complexity index is 1070. The fraction of sp³-hybridized carbons (Fsp3) is 0.368. The van der Waals surface area contributed by atoms with Crippen LogP contribution in [-0.4, -0.2) is 27.8 Å². The van der Waals surface area contributed by atoms with Crippen molar-refractivity contribution in [3.05, 3.63) is 55.5 Å². The van der Waals surface area contributed by atoms with Gasteiger partial charge in [0.1, 0.15) is 5.82 Å². The summed E-state index contributed by atoms with van der Waals surface area (Å²) in [5, 5.41) is 6.98. The van der Waals surface area contributed by atoms with E-state index in [1.165, 1.54) is 29.2 Å². The van der Waals surface area contributed by atoms with E-state index < -0.39 is 17.2 Å². The van der Waals surface area contributed by atoms with Crippen molar-refractivity contribution >= 4 is 28.2 Å². The Morgan fingerprint density at radius 2 is 2.11 bits per heavy atom. The second-order valence-electron chi connectivity index (χ2n) is 6.44. The first-order valence-corrected chi connectivity index (χ1v) is 9.49. The molecule has 0 aliphatic rings. The van der Waals surface area contributed by atoms with Crippen LogP contribution in [-0.2, 0) is 17.7 Å². The number of ether oxygens (including phenoxy) is 1. The Morgan fingerprint density at radius 1 is 1.37 bits per heavy atom. The molecule has 0 spiro atoms. The highest BCUT2D eigenvalue weighted by Crippen LogP contribution is 2.23. The van der Waals surface area contributed by atoms with Gasteiger partial charge in [-0.25, -0.2) is 14.2 Å². The molecule has 1 aromatic carbocycles. The van der Waals surface area contributed by atoms with E-state index in [4.69, 9.17) is 0 Å². The van der Waals surface area contributed by atoms with Crippen LogP contribution < -0.4 is 5.43 Å². The molecule has 6 nitrogen and oxygen atoms in total. The van der Waals surface area contributed by atoms with Crippen LogP contribution in [0.15, 0.2) is 22.3 Å². The average Bonchev–Trinajstić information content (AvgIpc) is 3.12. The summed E-state index contributed by atoms with van der Waals surface area (Å²) in [6.07, 6.45) is 0.329. The van der Waals surface area contributed by atoms with Crippen LogP contribution in [0.1, 0.15) is 53.4 Å². The largest absolute Gasteiger partial charge is 0.464 e. The molecule has 0 saturated carbocycles. The number of halogens is 1. The third-order valence-corrected chi connectivity index (χ3v) is 5.17. The predicted octanol–water partition coefficient (Wildman–Crippen LogP) is 3.51. The molecule has 0 bridgehead atoms. The number of benzene rings is 1. The smallest absolute Gasteiger partial charge is 0.362 e. The summed E-state index contributed by atoms with van der Waals surface area (Å²) in [4.78, 5) is 28.9. The Kier molecular flexibility index (Phi) is 5.36. The maximum Gasteiger partial charge on any atom is 0.362 e. The highest BCUT2D eigenvalue weighted by Gasteiger charge is 2.20. The first-order chi connectivity index (χ1) is 12.8. The fourth-order valence-electron chi connectivity index (χ4n) is 2.79. The standard InChI is InChI=1S/C19H20FN3O3S/c1-5-23-15-6-11(7-16-21-14(9-27-16)10(2)3)13(20)8-12(15)18(24)17(22-23)19(25)26-4/h6,8-10H,5,7H2,1-4H3. The maximum atomic E-state index is 14.7. The lowest BCUT2D eigenvalue weighted by atomic mass is 10.1. The van der Waals surface area contributed by atoms with Crippen molar-refractivity contribution < 1.29 is 13.9 Å². The topological polar surface area (TPSA) is 74.1 Å². The minimum Gasteiger partial charge on any atom is -0.464 e. The first-order valence-electron chi connectivity index (χ1n) is 8.61. The zero-order valence-electron chi connectivity index (χ0n) is 15.6. The van der Waals surface area contributed by atoms with Gasteiger partial charge < -0.3 is 4.74 Å². The number of rotatable bonds is 5. The Morgan fingerprint density at radius 3 is 2.70 bits per heavy atom. The predicted molar refractivity (Wildman–Crippen MR) is 102 cm³/mol. The minimum atomic E-state index is -0.836. The van der Waals surface area contributed by atoms with Crippen LogP contribution in [0.2, 0.25) is 0 Å². The molecule has 142 valence electrons. The molecule has 0 fully saturated rings. The van der Waals surface area contributed by atoms with Gasteiger partial charge in [-0.3, -0.25) is 9.48 Å². The van der Waals surface area contributed by atoms with Crippen molar-refractivity contribution in [2.45, 2.75) is 39.7 Å². The van der Waals surface area contributed by atoms with Gasteiger partial charge in [0.05, 0.1) is 28.7 Å². The highest BCUT2D eigenvalue weighted by atomic mass is 32.1. The summed E-state index contributed by atoms with van der Waals surface area (Å²) < 4.78 is 20.8. The molecule has 0 aliphatic carbocycles. The molecule has 3 rings (SSSR count). The molecule has 0 N–H and O–H groups in total. The van der Waals surface area contributed by atoms with Crippen LogP contribution >= 0.6 is 11.3 Å². The number of carbonyl (C=O) groups excluding carboxylic acids is 1. The van der Waals surface area contributed by atoms with E-state index >= 15 is 0 Å². The normalized spacial score (nSPS) is 11.3. The Balaban J connectivity index is 2.12. The molecule has 0 amide bonds. The molecule has 3 aromatic rings. The summed E-state index contributed by atoms with van der Waals surface area (Å²) in [6, 6.07) is 2.78. The zero-order valence-corrected chi connectivity index (χ0v) is 16.4. The monoisotopic (exact) mass is 389 g/mol. The third kappa shape index (κ3) is 3.62. The first kappa shape index (κ1) is 19.2. The molecule has 2 heterocycles. The van der Waals surface area contributed by atoms with E-state index in [1.807, 2.05) is 12.3 Å². The van der Waals surface area contributed by atoms with Gasteiger partial charge in [0.2, 0.25) is 11.1 Å². The molecule has 0 radical (unpaired) electrons. The van der Waals surface area contributed by atoms with Crippen LogP contribution in [0.5, 0.6) is 0 Å². The summed E-state index contributed by atoms with van der Waals surface area (Å²) >= 11 is 1.49. The zero-order chi connectivity index (χ0) is 19.7. The third-order valence-electron chi connectivity index (χ3n) is 4.30. The van der Waals surface area contributed by atoms with E-state index in [0.29, 0.717) is 30.0 Å². The molecule has 0 saturated heterocycles. The molecule has 0 aliphatic heterocycles. The average molecular weight is 389 g/mol. The van der Waals surface area contributed by atoms with Gasteiger partial charge >= 0.3 is 5.97 Å². The van der Waals surface area contributed by atoms with Gasteiger partial charge in [-0.1, -0.05) is 13.8 Å². The van der Waals surface area contributed by atoms with Crippen molar-refractivity contribution in [1.29, 1.82) is 0 Å². The second-order valence-corrected chi connectivity index (χ2v) is 7.39. The molecule has 2 aromatic heterocycles. The number of fused-ring (bicyclic) bond motifs is 1. The van der Waals surface area contributed by atoms with E-state index in [2.05, 4.69) is 28.7 Å². The summed E-state index contributed by atoms with van der Waals surface area (Å²) in [6.45, 7) is 6.36. The van der Waals surface area contributed by atoms with Crippen molar-refractivity contribution in [1.82, 2.24) is 14.8 Å².